The number of ketones is 1. The average molecular weight is 541 g/mol. The highest BCUT2D eigenvalue weighted by atomic mass is 16.5. The van der Waals surface area contributed by atoms with Crippen LogP contribution in [0.2, 0.25) is 0 Å². The molecule has 1 N–H and O–H groups in total. The highest BCUT2D eigenvalue weighted by molar-refractivity contribution is 6.51. The first-order chi connectivity index (χ1) is 19.0. The molecule has 0 aromatic heterocycles. The Labute approximate surface area is 237 Å². The van der Waals surface area contributed by atoms with Gasteiger partial charge in [-0.1, -0.05) is 43.7 Å². The molecule has 6 heteroatoms. The van der Waals surface area contributed by atoms with Crippen molar-refractivity contribution in [2.45, 2.75) is 60.4 Å². The minimum absolute atomic E-state index is 0.0866. The minimum atomic E-state index is -0.781. The largest absolute Gasteiger partial charge is 0.507 e. The second kappa shape index (κ2) is 11.6. The zero-order valence-corrected chi connectivity index (χ0v) is 24.8. The van der Waals surface area contributed by atoms with Gasteiger partial charge >= 0.3 is 0 Å². The molecule has 1 saturated heterocycles. The van der Waals surface area contributed by atoms with Gasteiger partial charge in [0.2, 0.25) is 0 Å². The number of anilines is 2. The van der Waals surface area contributed by atoms with Crippen LogP contribution in [0.3, 0.4) is 0 Å². The summed E-state index contributed by atoms with van der Waals surface area (Å²) < 4.78 is 5.59. The van der Waals surface area contributed by atoms with Crippen LogP contribution in [0.25, 0.3) is 5.76 Å². The monoisotopic (exact) mass is 540 g/mol. The Morgan fingerprint density at radius 2 is 1.60 bits per heavy atom. The number of aliphatic hydroxyl groups excluding tert-OH is 1. The zero-order valence-electron chi connectivity index (χ0n) is 24.8. The second-order valence-electron chi connectivity index (χ2n) is 10.8. The van der Waals surface area contributed by atoms with E-state index in [1.54, 1.807) is 7.11 Å². The van der Waals surface area contributed by atoms with Gasteiger partial charge in [0.1, 0.15) is 11.5 Å². The van der Waals surface area contributed by atoms with Crippen LogP contribution < -0.4 is 14.5 Å². The Balaban J connectivity index is 1.98. The summed E-state index contributed by atoms with van der Waals surface area (Å²) in [5.74, 6) is -0.671. The van der Waals surface area contributed by atoms with Gasteiger partial charge < -0.3 is 14.7 Å². The fourth-order valence-corrected chi connectivity index (χ4v) is 5.65. The lowest BCUT2D eigenvalue weighted by Gasteiger charge is -2.28. The topological polar surface area (TPSA) is 70.1 Å². The molecule has 0 saturated carbocycles. The van der Waals surface area contributed by atoms with Crippen molar-refractivity contribution in [1.29, 1.82) is 0 Å². The maximum Gasteiger partial charge on any atom is 0.300 e. The molecule has 0 aliphatic carbocycles. The Hall–Kier alpha value is -4.06. The van der Waals surface area contributed by atoms with E-state index in [0.29, 0.717) is 11.3 Å². The van der Waals surface area contributed by atoms with Gasteiger partial charge in [0.15, 0.2) is 0 Å². The number of benzene rings is 3. The standard InChI is InChI=1S/C34H40N2O4/c1-9-35(10-2)25-14-12-24(13-15-25)31-30(32(37)27-19-26(20(3)4)29(40-8)18-22(27)6)33(38)34(39)36(31)28-16-11-21(5)17-23(28)7/h11-20,31,37H,9-10H2,1-8H3/b32-30+. The number of nitrogens with zero attached hydrogens (tertiary/aromatic N) is 2. The van der Waals surface area contributed by atoms with E-state index >= 15 is 0 Å². The Kier molecular flexibility index (Phi) is 8.38. The quantitative estimate of drug-likeness (QED) is 0.186. The van der Waals surface area contributed by atoms with Crippen LogP contribution in [0.4, 0.5) is 11.4 Å². The smallest absolute Gasteiger partial charge is 0.300 e. The molecule has 1 unspecified atom stereocenters. The number of aliphatic hydroxyl groups is 1. The van der Waals surface area contributed by atoms with Crippen molar-refractivity contribution in [1.82, 2.24) is 0 Å². The van der Waals surface area contributed by atoms with Gasteiger partial charge in [-0.2, -0.15) is 0 Å². The molecule has 1 atom stereocenters. The van der Waals surface area contributed by atoms with Gasteiger partial charge in [-0.25, -0.2) is 0 Å². The van der Waals surface area contributed by atoms with E-state index in [-0.39, 0.29) is 17.3 Å². The van der Waals surface area contributed by atoms with Gasteiger partial charge in [-0.05, 0) is 93.1 Å². The van der Waals surface area contributed by atoms with Crippen LogP contribution in [0, 0.1) is 20.8 Å². The van der Waals surface area contributed by atoms with E-state index in [0.717, 1.165) is 52.3 Å². The maximum absolute atomic E-state index is 13.7. The molecule has 3 aromatic rings. The summed E-state index contributed by atoms with van der Waals surface area (Å²) in [6.45, 7) is 15.8. The first kappa shape index (κ1) is 28.9. The van der Waals surface area contributed by atoms with Crippen molar-refractivity contribution >= 4 is 28.8 Å². The summed E-state index contributed by atoms with van der Waals surface area (Å²) in [6.07, 6.45) is 0. The predicted molar refractivity (Wildman–Crippen MR) is 163 cm³/mol. The summed E-state index contributed by atoms with van der Waals surface area (Å²) in [7, 11) is 1.62. The normalized spacial score (nSPS) is 16.6. The molecule has 3 aromatic carbocycles. The van der Waals surface area contributed by atoms with E-state index in [1.807, 2.05) is 89.2 Å². The summed E-state index contributed by atoms with van der Waals surface area (Å²) in [5, 5.41) is 11.8. The van der Waals surface area contributed by atoms with Crippen LogP contribution in [-0.2, 0) is 9.59 Å². The lowest BCUT2D eigenvalue weighted by atomic mass is 9.90. The number of rotatable bonds is 8. The van der Waals surface area contributed by atoms with Crippen molar-refractivity contribution in [2.75, 3.05) is 30.0 Å². The molecule has 1 fully saturated rings. The molecule has 4 rings (SSSR count). The van der Waals surface area contributed by atoms with Gasteiger partial charge in [-0.15, -0.1) is 0 Å². The van der Waals surface area contributed by atoms with E-state index < -0.39 is 17.7 Å². The molecule has 1 amide bonds. The van der Waals surface area contributed by atoms with Crippen molar-refractivity contribution in [2.24, 2.45) is 0 Å². The predicted octanol–water partition coefficient (Wildman–Crippen LogP) is 7.22. The number of hydrogen-bond acceptors (Lipinski definition) is 5. The molecule has 1 aliphatic heterocycles. The molecule has 0 spiro atoms. The Morgan fingerprint density at radius 1 is 0.950 bits per heavy atom. The van der Waals surface area contributed by atoms with Crippen molar-refractivity contribution < 1.29 is 19.4 Å². The van der Waals surface area contributed by atoms with Gasteiger partial charge in [0.25, 0.3) is 11.7 Å². The molecular weight excluding hydrogens is 500 g/mol. The molecule has 0 bridgehead atoms. The van der Waals surface area contributed by atoms with Gasteiger partial charge in [0, 0.05) is 30.0 Å². The second-order valence-corrected chi connectivity index (χ2v) is 10.8. The molecule has 40 heavy (non-hydrogen) atoms. The average Bonchev–Trinajstić information content (AvgIpc) is 3.19. The summed E-state index contributed by atoms with van der Waals surface area (Å²) in [5.41, 5.74) is 6.69. The number of aryl methyl sites for hydroxylation is 3. The van der Waals surface area contributed by atoms with Crippen molar-refractivity contribution in [3.05, 3.63) is 93.6 Å². The van der Waals surface area contributed by atoms with E-state index in [1.165, 1.54) is 4.90 Å². The first-order valence-corrected chi connectivity index (χ1v) is 14.0. The molecule has 1 heterocycles. The van der Waals surface area contributed by atoms with Gasteiger partial charge in [0.05, 0.1) is 18.7 Å². The van der Waals surface area contributed by atoms with Gasteiger partial charge in [-0.3, -0.25) is 14.5 Å². The number of amides is 1. The molecule has 6 nitrogen and oxygen atoms in total. The van der Waals surface area contributed by atoms with Crippen LogP contribution in [-0.4, -0.2) is 37.0 Å². The number of Topliss-reactive ketones (excluding diaryl/α,β-unsaturated/α-hetero) is 1. The summed E-state index contributed by atoms with van der Waals surface area (Å²) >= 11 is 0. The fraction of sp³-hybridized carbons (Fsp3) is 0.353. The zero-order chi connectivity index (χ0) is 29.3. The number of methoxy groups -OCH3 is 1. The van der Waals surface area contributed by atoms with Crippen molar-refractivity contribution in [3.63, 3.8) is 0 Å². The maximum atomic E-state index is 13.7. The SMILES string of the molecule is CCN(CC)c1ccc(C2/C(=C(\O)c3cc(C(C)C)c(OC)cc3C)C(=O)C(=O)N2c2ccc(C)cc2C)cc1. The van der Waals surface area contributed by atoms with Crippen LogP contribution >= 0.6 is 0 Å². The number of carbonyl (C=O) groups excluding carboxylic acids is 2. The first-order valence-electron chi connectivity index (χ1n) is 14.0. The Bertz CT molecular complexity index is 1470. The highest BCUT2D eigenvalue weighted by Gasteiger charge is 2.47. The summed E-state index contributed by atoms with van der Waals surface area (Å²) in [4.78, 5) is 31.2. The third-order valence-corrected chi connectivity index (χ3v) is 7.85. The van der Waals surface area contributed by atoms with Crippen LogP contribution in [0.15, 0.2) is 60.2 Å². The third-order valence-electron chi connectivity index (χ3n) is 7.85. The molecule has 210 valence electrons. The molecular formula is C34H40N2O4. The van der Waals surface area contributed by atoms with Crippen molar-refractivity contribution in [3.8, 4) is 5.75 Å². The Morgan fingerprint density at radius 3 is 2.15 bits per heavy atom. The lowest BCUT2D eigenvalue weighted by molar-refractivity contribution is -0.132. The summed E-state index contributed by atoms with van der Waals surface area (Å²) in [6, 6.07) is 16.7. The number of ether oxygens (including phenoxy) is 1. The van der Waals surface area contributed by atoms with Crippen LogP contribution in [0.1, 0.15) is 73.0 Å². The lowest BCUT2D eigenvalue weighted by Crippen LogP contribution is -2.30. The molecule has 0 radical (unpaired) electrons. The van der Waals surface area contributed by atoms with Crippen LogP contribution in [0.5, 0.6) is 5.75 Å². The number of hydrogen-bond donors (Lipinski definition) is 1. The fourth-order valence-electron chi connectivity index (χ4n) is 5.65. The third kappa shape index (κ3) is 5.10. The van der Waals surface area contributed by atoms with E-state index in [4.69, 9.17) is 4.74 Å². The van der Waals surface area contributed by atoms with E-state index in [9.17, 15) is 14.7 Å². The highest BCUT2D eigenvalue weighted by Crippen LogP contribution is 2.44. The molecule has 1 aliphatic rings. The minimum Gasteiger partial charge on any atom is -0.507 e. The number of carbonyl (C=O) groups is 2. The van der Waals surface area contributed by atoms with E-state index in [2.05, 4.69) is 18.7 Å².